The summed E-state index contributed by atoms with van der Waals surface area (Å²) < 4.78 is 5.36. The Labute approximate surface area is 154 Å². The number of amides is 2. The third kappa shape index (κ3) is 6.01. The first-order valence-electron chi connectivity index (χ1n) is 9.11. The number of rotatable bonds is 7. The fourth-order valence-electron chi connectivity index (χ4n) is 2.91. The van der Waals surface area contributed by atoms with Gasteiger partial charge in [0, 0.05) is 31.6 Å². The summed E-state index contributed by atoms with van der Waals surface area (Å²) in [5, 5.41) is 5.76. The zero-order valence-corrected chi connectivity index (χ0v) is 14.9. The number of carbonyl (C=O) groups is 1. The first-order valence-corrected chi connectivity index (χ1v) is 9.11. The minimum atomic E-state index is -0.163. The molecule has 1 aromatic carbocycles. The topological polar surface area (TPSA) is 63.2 Å². The van der Waals surface area contributed by atoms with Gasteiger partial charge in [-0.05, 0) is 61.1 Å². The number of nitrogens with one attached hydrogen (secondary N) is 2. The van der Waals surface area contributed by atoms with Crippen LogP contribution in [0.2, 0.25) is 0 Å². The van der Waals surface area contributed by atoms with E-state index in [-0.39, 0.29) is 6.03 Å². The molecule has 136 valence electrons. The number of urea groups is 1. The van der Waals surface area contributed by atoms with Gasteiger partial charge in [0.25, 0.3) is 0 Å². The molecule has 5 heteroatoms. The largest absolute Gasteiger partial charge is 0.381 e. The lowest BCUT2D eigenvalue weighted by molar-refractivity contribution is 0.184. The summed E-state index contributed by atoms with van der Waals surface area (Å²) in [4.78, 5) is 16.2. The number of aromatic nitrogens is 1. The van der Waals surface area contributed by atoms with Crippen molar-refractivity contribution in [1.82, 2.24) is 10.3 Å². The standard InChI is InChI=1S/C21H25N3O2/c25-21(23-14-3-4-18-12-15-26-16-18)24-20-10-7-17(8-11-20)6-9-19-5-1-2-13-22-19/h1-2,5-11,13,18H,3-4,12,14-16H2,(H2,23,24,25)/b9-6+/t18-/m0/s1. The van der Waals surface area contributed by atoms with E-state index in [1.165, 1.54) is 0 Å². The average Bonchev–Trinajstić information content (AvgIpc) is 3.19. The summed E-state index contributed by atoms with van der Waals surface area (Å²) in [6, 6.07) is 13.4. The van der Waals surface area contributed by atoms with E-state index in [1.54, 1.807) is 6.20 Å². The van der Waals surface area contributed by atoms with Crippen LogP contribution in [0.1, 0.15) is 30.5 Å². The van der Waals surface area contributed by atoms with Gasteiger partial charge in [0.05, 0.1) is 5.69 Å². The molecule has 1 aromatic heterocycles. The lowest BCUT2D eigenvalue weighted by atomic mass is 10.0. The summed E-state index contributed by atoms with van der Waals surface area (Å²) in [5.74, 6) is 0.659. The molecule has 26 heavy (non-hydrogen) atoms. The molecule has 2 aromatic rings. The molecule has 1 aliphatic heterocycles. The van der Waals surface area contributed by atoms with E-state index in [4.69, 9.17) is 4.74 Å². The Balaban J connectivity index is 1.39. The molecule has 0 bridgehead atoms. The van der Waals surface area contributed by atoms with E-state index in [1.807, 2.05) is 54.6 Å². The number of anilines is 1. The smallest absolute Gasteiger partial charge is 0.319 e. The number of benzene rings is 1. The van der Waals surface area contributed by atoms with Gasteiger partial charge in [0.2, 0.25) is 0 Å². The van der Waals surface area contributed by atoms with Crippen molar-refractivity contribution in [3.63, 3.8) is 0 Å². The van der Waals surface area contributed by atoms with Crippen molar-refractivity contribution in [1.29, 1.82) is 0 Å². The minimum Gasteiger partial charge on any atom is -0.381 e. The summed E-state index contributed by atoms with van der Waals surface area (Å²) in [6.45, 7) is 2.44. The summed E-state index contributed by atoms with van der Waals surface area (Å²) >= 11 is 0. The monoisotopic (exact) mass is 351 g/mol. The van der Waals surface area contributed by atoms with Gasteiger partial charge in [-0.25, -0.2) is 4.79 Å². The molecule has 0 unspecified atom stereocenters. The van der Waals surface area contributed by atoms with Crippen LogP contribution in [0.4, 0.5) is 10.5 Å². The third-order valence-corrected chi connectivity index (χ3v) is 4.40. The third-order valence-electron chi connectivity index (χ3n) is 4.40. The van der Waals surface area contributed by atoms with Crippen LogP contribution in [0.15, 0.2) is 48.7 Å². The van der Waals surface area contributed by atoms with Crippen molar-refractivity contribution >= 4 is 23.9 Å². The van der Waals surface area contributed by atoms with E-state index in [0.29, 0.717) is 12.5 Å². The molecular formula is C21H25N3O2. The highest BCUT2D eigenvalue weighted by Gasteiger charge is 2.14. The van der Waals surface area contributed by atoms with E-state index < -0.39 is 0 Å². The number of nitrogens with zero attached hydrogens (tertiary/aromatic N) is 1. The number of hydrogen-bond acceptors (Lipinski definition) is 3. The maximum atomic E-state index is 11.9. The molecular weight excluding hydrogens is 326 g/mol. The molecule has 0 spiro atoms. The van der Waals surface area contributed by atoms with Crippen molar-refractivity contribution in [2.45, 2.75) is 19.3 Å². The minimum absolute atomic E-state index is 0.163. The molecule has 3 rings (SSSR count). The van der Waals surface area contributed by atoms with Gasteiger partial charge < -0.3 is 15.4 Å². The Morgan fingerprint density at radius 1 is 1.19 bits per heavy atom. The van der Waals surface area contributed by atoms with E-state index in [9.17, 15) is 4.79 Å². The highest BCUT2D eigenvalue weighted by atomic mass is 16.5. The van der Waals surface area contributed by atoms with E-state index >= 15 is 0 Å². The van der Waals surface area contributed by atoms with Crippen molar-refractivity contribution in [2.24, 2.45) is 5.92 Å². The maximum absolute atomic E-state index is 11.9. The molecule has 0 saturated carbocycles. The second-order valence-corrected chi connectivity index (χ2v) is 6.46. The van der Waals surface area contributed by atoms with Crippen LogP contribution in [0.3, 0.4) is 0 Å². The van der Waals surface area contributed by atoms with Gasteiger partial charge in [-0.15, -0.1) is 0 Å². The maximum Gasteiger partial charge on any atom is 0.319 e. The Kier molecular flexibility index (Phi) is 6.79. The van der Waals surface area contributed by atoms with Gasteiger partial charge in [-0.3, -0.25) is 4.98 Å². The Morgan fingerprint density at radius 3 is 2.81 bits per heavy atom. The van der Waals surface area contributed by atoms with Crippen LogP contribution in [0, 0.1) is 5.92 Å². The van der Waals surface area contributed by atoms with E-state index in [2.05, 4.69) is 15.6 Å². The lowest BCUT2D eigenvalue weighted by Crippen LogP contribution is -2.29. The van der Waals surface area contributed by atoms with Crippen LogP contribution in [0.25, 0.3) is 12.2 Å². The molecule has 0 aliphatic carbocycles. The fourth-order valence-corrected chi connectivity index (χ4v) is 2.91. The van der Waals surface area contributed by atoms with E-state index in [0.717, 1.165) is 49.4 Å². The second kappa shape index (κ2) is 9.73. The van der Waals surface area contributed by atoms with Crippen LogP contribution < -0.4 is 10.6 Å². The molecule has 5 nitrogen and oxygen atoms in total. The molecule has 2 heterocycles. The SMILES string of the molecule is O=C(NCCC[C@H]1CCOC1)Nc1ccc(/C=C/c2ccccn2)cc1. The number of carbonyl (C=O) groups excluding carboxylic acids is 1. The van der Waals surface area contributed by atoms with Gasteiger partial charge in [0.15, 0.2) is 0 Å². The Morgan fingerprint density at radius 2 is 2.08 bits per heavy atom. The summed E-state index contributed by atoms with van der Waals surface area (Å²) in [7, 11) is 0. The quantitative estimate of drug-likeness (QED) is 0.735. The molecule has 1 atom stereocenters. The second-order valence-electron chi connectivity index (χ2n) is 6.46. The highest BCUT2D eigenvalue weighted by molar-refractivity contribution is 5.89. The molecule has 2 N–H and O–H groups in total. The summed E-state index contributed by atoms with van der Waals surface area (Å²) in [6.07, 6.45) is 8.97. The predicted octanol–water partition coefficient (Wildman–Crippen LogP) is 4.19. The molecule has 1 aliphatic rings. The first-order chi connectivity index (χ1) is 12.8. The van der Waals surface area contributed by atoms with Gasteiger partial charge in [-0.1, -0.05) is 24.3 Å². The first kappa shape index (κ1) is 18.1. The predicted molar refractivity (Wildman–Crippen MR) is 105 cm³/mol. The normalized spacial score (nSPS) is 16.7. The van der Waals surface area contributed by atoms with Crippen LogP contribution >= 0.6 is 0 Å². The molecule has 1 fully saturated rings. The van der Waals surface area contributed by atoms with Gasteiger partial charge in [0.1, 0.15) is 0 Å². The number of ether oxygens (including phenoxy) is 1. The zero-order valence-electron chi connectivity index (χ0n) is 14.9. The van der Waals surface area contributed by atoms with Gasteiger partial charge >= 0.3 is 6.03 Å². The highest BCUT2D eigenvalue weighted by Crippen LogP contribution is 2.17. The van der Waals surface area contributed by atoms with Crippen LogP contribution in [-0.4, -0.2) is 30.8 Å². The van der Waals surface area contributed by atoms with Crippen LogP contribution in [0.5, 0.6) is 0 Å². The van der Waals surface area contributed by atoms with Crippen molar-refractivity contribution in [3.05, 3.63) is 59.9 Å². The lowest BCUT2D eigenvalue weighted by Gasteiger charge is -2.09. The molecule has 2 amide bonds. The molecule has 0 radical (unpaired) electrons. The molecule has 1 saturated heterocycles. The summed E-state index contributed by atoms with van der Waals surface area (Å²) in [5.41, 5.74) is 2.75. The number of hydrogen-bond donors (Lipinski definition) is 2. The van der Waals surface area contributed by atoms with Crippen LogP contribution in [-0.2, 0) is 4.74 Å². The van der Waals surface area contributed by atoms with Gasteiger partial charge in [-0.2, -0.15) is 0 Å². The van der Waals surface area contributed by atoms with Crippen molar-refractivity contribution < 1.29 is 9.53 Å². The zero-order chi connectivity index (χ0) is 18.0. The van der Waals surface area contributed by atoms with Crippen molar-refractivity contribution in [2.75, 3.05) is 25.1 Å². The fraction of sp³-hybridized carbons (Fsp3) is 0.333. The van der Waals surface area contributed by atoms with Crippen molar-refractivity contribution in [3.8, 4) is 0 Å². The average molecular weight is 351 g/mol. The Hall–Kier alpha value is -2.66. The number of pyridine rings is 1. The Bertz CT molecular complexity index is 708.